The Labute approximate surface area is 306 Å². The molecule has 0 aromatic heterocycles. The predicted octanol–water partition coefficient (Wildman–Crippen LogP) is 13.6. The van der Waals surface area contributed by atoms with Crippen LogP contribution >= 0.6 is 0 Å². The molecule has 49 heavy (non-hydrogen) atoms. The van der Waals surface area contributed by atoms with Crippen molar-refractivity contribution < 1.29 is 24.2 Å². The summed E-state index contributed by atoms with van der Waals surface area (Å²) in [6, 6.07) is 0. The molecule has 5 nitrogen and oxygen atoms in total. The molecule has 0 aromatic rings. The smallest absolute Gasteiger partial charge is 0.305 e. The summed E-state index contributed by atoms with van der Waals surface area (Å²) in [6.07, 6.45) is 40.2. The molecule has 0 saturated carbocycles. The van der Waals surface area contributed by atoms with E-state index in [1.54, 1.807) is 0 Å². The molecule has 0 rings (SSSR count). The number of aliphatic hydroxyl groups is 1. The Kier molecular flexibility index (Phi) is 37.3. The first kappa shape index (κ1) is 47.9. The zero-order chi connectivity index (χ0) is 36.0. The van der Waals surface area contributed by atoms with Crippen LogP contribution in [-0.2, 0) is 19.1 Å². The summed E-state index contributed by atoms with van der Waals surface area (Å²) in [5.41, 5.74) is 0. The van der Waals surface area contributed by atoms with Gasteiger partial charge in [-0.25, -0.2) is 0 Å². The van der Waals surface area contributed by atoms with E-state index < -0.39 is 6.10 Å². The number of esters is 2. The lowest BCUT2D eigenvalue weighted by molar-refractivity contribution is -0.152. The molecule has 1 atom stereocenters. The maximum absolute atomic E-state index is 12.0. The first-order chi connectivity index (χ1) is 23.8. The van der Waals surface area contributed by atoms with Gasteiger partial charge in [0.05, 0.1) is 0 Å². The summed E-state index contributed by atoms with van der Waals surface area (Å²) in [7, 11) is 0. The normalized spacial score (nSPS) is 12.2. The largest absolute Gasteiger partial charge is 0.463 e. The van der Waals surface area contributed by atoms with Crippen molar-refractivity contribution in [2.24, 2.45) is 11.8 Å². The van der Waals surface area contributed by atoms with E-state index in [0.717, 1.165) is 37.5 Å². The van der Waals surface area contributed by atoms with Gasteiger partial charge >= 0.3 is 11.9 Å². The van der Waals surface area contributed by atoms with E-state index in [2.05, 4.69) is 27.7 Å². The van der Waals surface area contributed by atoms with Crippen LogP contribution in [0.25, 0.3) is 0 Å². The summed E-state index contributed by atoms with van der Waals surface area (Å²) in [5, 5.41) is 10.0. The first-order valence-corrected chi connectivity index (χ1v) is 21.8. The average molecular weight is 695 g/mol. The van der Waals surface area contributed by atoms with Crippen LogP contribution in [0.1, 0.15) is 240 Å². The van der Waals surface area contributed by atoms with Crippen molar-refractivity contribution in [2.75, 3.05) is 13.2 Å². The van der Waals surface area contributed by atoms with E-state index in [0.29, 0.717) is 12.8 Å². The quantitative estimate of drug-likeness (QED) is 0.0512. The molecule has 0 aromatic carbocycles. The van der Waals surface area contributed by atoms with Crippen LogP contribution in [0.15, 0.2) is 0 Å². The minimum Gasteiger partial charge on any atom is -0.463 e. The number of carbonyl (C=O) groups is 2. The summed E-state index contributed by atoms with van der Waals surface area (Å²) in [4.78, 5) is 24.0. The topological polar surface area (TPSA) is 72.8 Å². The van der Waals surface area contributed by atoms with Gasteiger partial charge in [0, 0.05) is 12.8 Å². The minimum absolute atomic E-state index is 0.108. The molecule has 0 heterocycles. The molecule has 5 heteroatoms. The number of rotatable bonds is 39. The third-order valence-corrected chi connectivity index (χ3v) is 9.95. The number of hydrogen-bond acceptors (Lipinski definition) is 5. The number of hydrogen-bond donors (Lipinski definition) is 1. The second-order valence-corrected chi connectivity index (χ2v) is 16.1. The van der Waals surface area contributed by atoms with Crippen LogP contribution in [0.2, 0.25) is 0 Å². The number of aliphatic hydroxyl groups excluding tert-OH is 1. The van der Waals surface area contributed by atoms with E-state index in [-0.39, 0.29) is 25.2 Å². The van der Waals surface area contributed by atoms with Gasteiger partial charge in [-0.3, -0.25) is 9.59 Å². The van der Waals surface area contributed by atoms with Crippen LogP contribution in [0, 0.1) is 11.8 Å². The van der Waals surface area contributed by atoms with Gasteiger partial charge in [0.2, 0.25) is 0 Å². The van der Waals surface area contributed by atoms with E-state index in [4.69, 9.17) is 9.47 Å². The van der Waals surface area contributed by atoms with Gasteiger partial charge in [-0.1, -0.05) is 214 Å². The molecule has 0 aliphatic carbocycles. The molecule has 0 radical (unpaired) electrons. The molecule has 0 spiro atoms. The van der Waals surface area contributed by atoms with E-state index >= 15 is 0 Å². The van der Waals surface area contributed by atoms with Gasteiger partial charge in [0.15, 0.2) is 0 Å². The maximum Gasteiger partial charge on any atom is 0.305 e. The van der Waals surface area contributed by atoms with E-state index in [1.165, 1.54) is 173 Å². The predicted molar refractivity (Wildman–Crippen MR) is 210 cm³/mol. The summed E-state index contributed by atoms with van der Waals surface area (Å²) in [6.45, 7) is 9.05. The number of carbonyl (C=O) groups excluding carboxylic acids is 2. The van der Waals surface area contributed by atoms with Crippen molar-refractivity contribution >= 4 is 11.9 Å². The Morgan fingerprint density at radius 3 is 0.796 bits per heavy atom. The molecule has 0 amide bonds. The lowest BCUT2D eigenvalue weighted by Crippen LogP contribution is -2.25. The molecule has 0 saturated heterocycles. The highest BCUT2D eigenvalue weighted by atomic mass is 16.6. The molecular weight excluding hydrogens is 608 g/mol. The minimum atomic E-state index is -0.956. The zero-order valence-corrected chi connectivity index (χ0v) is 33.6. The molecule has 0 fully saturated rings. The van der Waals surface area contributed by atoms with Gasteiger partial charge < -0.3 is 14.6 Å². The van der Waals surface area contributed by atoms with Crippen LogP contribution in [0.5, 0.6) is 0 Å². The van der Waals surface area contributed by atoms with Crippen LogP contribution in [0.3, 0.4) is 0 Å². The highest BCUT2D eigenvalue weighted by Gasteiger charge is 2.12. The molecular formula is C44H86O5. The van der Waals surface area contributed by atoms with Crippen molar-refractivity contribution in [1.82, 2.24) is 0 Å². The summed E-state index contributed by atoms with van der Waals surface area (Å²) >= 11 is 0. The molecule has 0 aliphatic rings. The standard InChI is InChI=1S/C44H86O5/c1-40(2)34-30-26-22-18-14-10-7-5-6-8-12-16-20-24-28-32-36-43(46)48-38-42(45)39-49-44(47)37-33-29-25-21-17-13-9-11-15-19-23-27-31-35-41(3)4/h40-42,45H,5-39H2,1-4H3/t42-/m1/s1. The lowest BCUT2D eigenvalue weighted by Gasteiger charge is -2.12. The third kappa shape index (κ3) is 41.2. The second kappa shape index (κ2) is 38.1. The highest BCUT2D eigenvalue weighted by molar-refractivity contribution is 5.69. The fourth-order valence-corrected chi connectivity index (χ4v) is 6.63. The van der Waals surface area contributed by atoms with E-state index in [1.807, 2.05) is 0 Å². The first-order valence-electron chi connectivity index (χ1n) is 21.8. The molecule has 1 N–H and O–H groups in total. The van der Waals surface area contributed by atoms with E-state index in [9.17, 15) is 14.7 Å². The summed E-state index contributed by atoms with van der Waals surface area (Å²) < 4.78 is 10.4. The van der Waals surface area contributed by atoms with Crippen LogP contribution in [0.4, 0.5) is 0 Å². The molecule has 292 valence electrons. The van der Waals surface area contributed by atoms with Gasteiger partial charge in [0.1, 0.15) is 19.3 Å². The Morgan fingerprint density at radius 2 is 0.571 bits per heavy atom. The van der Waals surface area contributed by atoms with Crippen LogP contribution in [-0.4, -0.2) is 36.4 Å². The number of ether oxygens (including phenoxy) is 2. The molecule has 0 aliphatic heterocycles. The van der Waals surface area contributed by atoms with Crippen molar-refractivity contribution in [3.63, 3.8) is 0 Å². The Morgan fingerprint density at radius 1 is 0.367 bits per heavy atom. The molecule has 0 unspecified atom stereocenters. The molecule has 0 bridgehead atoms. The zero-order valence-electron chi connectivity index (χ0n) is 33.6. The fourth-order valence-electron chi connectivity index (χ4n) is 6.63. The highest BCUT2D eigenvalue weighted by Crippen LogP contribution is 2.17. The van der Waals surface area contributed by atoms with Gasteiger partial charge in [-0.05, 0) is 24.7 Å². The monoisotopic (exact) mass is 695 g/mol. The Bertz CT molecular complexity index is 691. The SMILES string of the molecule is CC(C)CCCCCCCCCCCCCCCCCCC(=O)OC[C@@H](O)COC(=O)CCCCCCCCCCCCCCCC(C)C. The van der Waals surface area contributed by atoms with Gasteiger partial charge in [0.25, 0.3) is 0 Å². The van der Waals surface area contributed by atoms with Crippen molar-refractivity contribution in [1.29, 1.82) is 0 Å². The maximum atomic E-state index is 12.0. The van der Waals surface area contributed by atoms with Crippen molar-refractivity contribution in [2.45, 2.75) is 246 Å². The van der Waals surface area contributed by atoms with Crippen molar-refractivity contribution in [3.05, 3.63) is 0 Å². The van der Waals surface area contributed by atoms with Gasteiger partial charge in [-0.2, -0.15) is 0 Å². The fraction of sp³-hybridized carbons (Fsp3) is 0.955. The Hall–Kier alpha value is -1.10. The van der Waals surface area contributed by atoms with Gasteiger partial charge in [-0.15, -0.1) is 0 Å². The number of unbranched alkanes of at least 4 members (excludes halogenated alkanes) is 27. The Balaban J connectivity index is 3.36. The van der Waals surface area contributed by atoms with Crippen molar-refractivity contribution in [3.8, 4) is 0 Å². The third-order valence-electron chi connectivity index (χ3n) is 9.95. The lowest BCUT2D eigenvalue weighted by atomic mass is 10.0. The summed E-state index contributed by atoms with van der Waals surface area (Å²) in [5.74, 6) is 1.16. The average Bonchev–Trinajstić information content (AvgIpc) is 3.07. The second-order valence-electron chi connectivity index (χ2n) is 16.1. The van der Waals surface area contributed by atoms with Crippen LogP contribution < -0.4 is 0 Å².